The molecule has 1 atom stereocenters. The Bertz CT molecular complexity index is 562. The van der Waals surface area contributed by atoms with Gasteiger partial charge in [-0.15, -0.1) is 0 Å². The van der Waals surface area contributed by atoms with E-state index in [1.165, 1.54) is 17.8 Å². The summed E-state index contributed by atoms with van der Waals surface area (Å²) in [5, 5.41) is 3.61. The Morgan fingerprint density at radius 3 is 3.05 bits per heavy atom. The van der Waals surface area contributed by atoms with Gasteiger partial charge in [-0.05, 0) is 38.3 Å². The normalized spacial score (nSPS) is 19.6. The number of para-hydroxylation sites is 1. The molecule has 1 aliphatic rings. The summed E-state index contributed by atoms with van der Waals surface area (Å²) < 4.78 is 1.10. The predicted molar refractivity (Wildman–Crippen MR) is 78.7 cm³/mol. The highest BCUT2D eigenvalue weighted by Crippen LogP contribution is 2.26. The van der Waals surface area contributed by atoms with Gasteiger partial charge in [-0.2, -0.15) is 0 Å². The van der Waals surface area contributed by atoms with Crippen molar-refractivity contribution in [3.05, 3.63) is 24.3 Å². The molecule has 100 valence electrons. The Morgan fingerprint density at radius 2 is 2.26 bits per heavy atom. The van der Waals surface area contributed by atoms with E-state index in [2.05, 4.69) is 17.2 Å². The Morgan fingerprint density at radius 1 is 1.42 bits per heavy atom. The number of thiazole rings is 1. The van der Waals surface area contributed by atoms with Crippen LogP contribution in [0.1, 0.15) is 26.2 Å². The number of piperidine rings is 1. The molecule has 0 spiro atoms. The number of aromatic nitrogens is 1. The van der Waals surface area contributed by atoms with Crippen LogP contribution >= 0.6 is 11.3 Å². The summed E-state index contributed by atoms with van der Waals surface area (Å²) in [6.45, 7) is 2.95. The number of fused-ring (bicyclic) bond motifs is 1. The molecule has 2 amide bonds. The van der Waals surface area contributed by atoms with Crippen molar-refractivity contribution >= 4 is 32.7 Å². The Hall–Kier alpha value is -1.62. The van der Waals surface area contributed by atoms with Crippen LogP contribution in [0.5, 0.6) is 0 Å². The van der Waals surface area contributed by atoms with Gasteiger partial charge >= 0.3 is 6.03 Å². The predicted octanol–water partition coefficient (Wildman–Crippen LogP) is 3.70. The molecule has 0 bridgehead atoms. The quantitative estimate of drug-likeness (QED) is 0.862. The Balaban J connectivity index is 1.75. The second kappa shape index (κ2) is 5.17. The van der Waals surface area contributed by atoms with Gasteiger partial charge in [-0.25, -0.2) is 9.78 Å². The first-order chi connectivity index (χ1) is 9.24. The molecule has 1 aromatic carbocycles. The average Bonchev–Trinajstić information content (AvgIpc) is 2.81. The fourth-order valence-electron chi connectivity index (χ4n) is 2.49. The summed E-state index contributed by atoms with van der Waals surface area (Å²) in [5.74, 6) is 0. The minimum atomic E-state index is -0.0220. The molecule has 1 aliphatic heterocycles. The molecule has 19 heavy (non-hydrogen) atoms. The first-order valence-electron chi connectivity index (χ1n) is 6.67. The molecule has 0 aliphatic carbocycles. The molecule has 0 unspecified atom stereocenters. The van der Waals surface area contributed by atoms with Crippen LogP contribution in [0.25, 0.3) is 10.2 Å². The number of amides is 2. The number of rotatable bonds is 1. The minimum Gasteiger partial charge on any atom is -0.322 e. The van der Waals surface area contributed by atoms with E-state index < -0.39 is 0 Å². The lowest BCUT2D eigenvalue weighted by Crippen LogP contribution is -2.44. The lowest BCUT2D eigenvalue weighted by Gasteiger charge is -2.32. The molecule has 1 aromatic heterocycles. The maximum atomic E-state index is 12.2. The van der Waals surface area contributed by atoms with Crippen molar-refractivity contribution in [2.45, 2.75) is 32.2 Å². The number of carbonyl (C=O) groups excluding carboxylic acids is 1. The fraction of sp³-hybridized carbons (Fsp3) is 0.429. The van der Waals surface area contributed by atoms with Crippen LogP contribution < -0.4 is 5.32 Å². The van der Waals surface area contributed by atoms with Gasteiger partial charge in [-0.3, -0.25) is 5.32 Å². The highest BCUT2D eigenvalue weighted by Gasteiger charge is 2.23. The number of nitrogens with zero attached hydrogens (tertiary/aromatic N) is 2. The molecule has 5 heteroatoms. The number of urea groups is 1. The van der Waals surface area contributed by atoms with Crippen molar-refractivity contribution in [3.63, 3.8) is 0 Å². The van der Waals surface area contributed by atoms with Gasteiger partial charge in [-0.1, -0.05) is 23.5 Å². The van der Waals surface area contributed by atoms with Crippen molar-refractivity contribution in [1.29, 1.82) is 0 Å². The van der Waals surface area contributed by atoms with Crippen LogP contribution in [-0.2, 0) is 0 Å². The average molecular weight is 275 g/mol. The van der Waals surface area contributed by atoms with E-state index in [1.54, 1.807) is 0 Å². The van der Waals surface area contributed by atoms with E-state index >= 15 is 0 Å². The van der Waals surface area contributed by atoms with E-state index in [0.717, 1.165) is 29.6 Å². The van der Waals surface area contributed by atoms with Crippen molar-refractivity contribution < 1.29 is 4.79 Å². The lowest BCUT2D eigenvalue weighted by molar-refractivity contribution is 0.170. The van der Waals surface area contributed by atoms with Crippen molar-refractivity contribution in [1.82, 2.24) is 9.88 Å². The maximum Gasteiger partial charge on any atom is 0.323 e. The van der Waals surface area contributed by atoms with Crippen molar-refractivity contribution in [3.8, 4) is 0 Å². The summed E-state index contributed by atoms with van der Waals surface area (Å²) in [6, 6.07) is 8.23. The molecular weight excluding hydrogens is 258 g/mol. The van der Waals surface area contributed by atoms with Gasteiger partial charge in [0.2, 0.25) is 0 Å². The molecule has 2 aromatic rings. The SMILES string of the molecule is C[C@@H]1CCCCN1C(=O)Nc1nc2ccccc2s1. The molecule has 0 radical (unpaired) electrons. The number of benzene rings is 1. The third kappa shape index (κ3) is 2.56. The van der Waals surface area contributed by atoms with E-state index in [1.807, 2.05) is 29.2 Å². The van der Waals surface area contributed by atoms with E-state index in [9.17, 15) is 4.79 Å². The van der Waals surface area contributed by atoms with Gasteiger partial charge in [0.1, 0.15) is 0 Å². The fourth-order valence-corrected chi connectivity index (χ4v) is 3.34. The van der Waals surface area contributed by atoms with Crippen LogP contribution in [0.4, 0.5) is 9.93 Å². The summed E-state index contributed by atoms with van der Waals surface area (Å²) >= 11 is 1.52. The van der Waals surface area contributed by atoms with Gasteiger partial charge in [0, 0.05) is 12.6 Å². The third-order valence-corrected chi connectivity index (χ3v) is 4.52. The molecular formula is C14H17N3OS. The number of carbonyl (C=O) groups is 1. The summed E-state index contributed by atoms with van der Waals surface area (Å²) in [4.78, 5) is 18.6. The molecule has 4 nitrogen and oxygen atoms in total. The summed E-state index contributed by atoms with van der Waals surface area (Å²) in [5.41, 5.74) is 0.939. The number of nitrogens with one attached hydrogen (secondary N) is 1. The first kappa shape index (κ1) is 12.4. The van der Waals surface area contributed by atoms with Crippen LogP contribution in [-0.4, -0.2) is 28.5 Å². The molecule has 0 saturated carbocycles. The largest absolute Gasteiger partial charge is 0.323 e. The highest BCUT2D eigenvalue weighted by atomic mass is 32.1. The lowest BCUT2D eigenvalue weighted by atomic mass is 10.0. The maximum absolute atomic E-state index is 12.2. The van der Waals surface area contributed by atoms with Crippen molar-refractivity contribution in [2.75, 3.05) is 11.9 Å². The van der Waals surface area contributed by atoms with Gasteiger partial charge in [0.25, 0.3) is 0 Å². The summed E-state index contributed by atoms with van der Waals surface area (Å²) in [6.07, 6.45) is 3.40. The smallest absolute Gasteiger partial charge is 0.322 e. The van der Waals surface area contributed by atoms with Gasteiger partial charge in [0.05, 0.1) is 10.2 Å². The molecule has 1 N–H and O–H groups in total. The summed E-state index contributed by atoms with van der Waals surface area (Å²) in [7, 11) is 0. The van der Waals surface area contributed by atoms with Crippen LogP contribution in [0.3, 0.4) is 0 Å². The molecule has 1 saturated heterocycles. The second-order valence-corrected chi connectivity index (χ2v) is 5.99. The monoisotopic (exact) mass is 275 g/mol. The van der Waals surface area contributed by atoms with Crippen LogP contribution in [0, 0.1) is 0 Å². The highest BCUT2D eigenvalue weighted by molar-refractivity contribution is 7.22. The first-order valence-corrected chi connectivity index (χ1v) is 7.49. The zero-order valence-corrected chi connectivity index (χ0v) is 11.7. The van der Waals surface area contributed by atoms with E-state index in [0.29, 0.717) is 11.2 Å². The molecule has 1 fully saturated rings. The second-order valence-electron chi connectivity index (χ2n) is 4.96. The number of likely N-dealkylation sites (tertiary alicyclic amines) is 1. The van der Waals surface area contributed by atoms with E-state index in [4.69, 9.17) is 0 Å². The zero-order valence-electron chi connectivity index (χ0n) is 10.9. The molecule has 3 rings (SSSR count). The van der Waals surface area contributed by atoms with E-state index in [-0.39, 0.29) is 6.03 Å². The van der Waals surface area contributed by atoms with Crippen LogP contribution in [0.15, 0.2) is 24.3 Å². The number of anilines is 1. The number of hydrogen-bond donors (Lipinski definition) is 1. The van der Waals surface area contributed by atoms with Gasteiger partial charge < -0.3 is 4.90 Å². The molecule has 2 heterocycles. The standard InChI is InChI=1S/C14H17N3OS/c1-10-6-4-5-9-17(10)14(18)16-13-15-11-7-2-3-8-12(11)19-13/h2-3,7-8,10H,4-6,9H2,1H3,(H,15,16,18)/t10-/m1/s1. The van der Waals surface area contributed by atoms with Crippen LogP contribution in [0.2, 0.25) is 0 Å². The minimum absolute atomic E-state index is 0.0220. The topological polar surface area (TPSA) is 45.2 Å². The number of hydrogen-bond acceptors (Lipinski definition) is 3. The Kier molecular flexibility index (Phi) is 3.38. The Labute approximate surface area is 116 Å². The third-order valence-electron chi connectivity index (χ3n) is 3.57. The van der Waals surface area contributed by atoms with Crippen molar-refractivity contribution in [2.24, 2.45) is 0 Å². The zero-order chi connectivity index (χ0) is 13.2. The van der Waals surface area contributed by atoms with Gasteiger partial charge in [0.15, 0.2) is 5.13 Å².